The Morgan fingerprint density at radius 1 is 0.726 bits per heavy atom. The predicted octanol–water partition coefficient (Wildman–Crippen LogP) is 9.25. The molecule has 4 aromatic carbocycles. The standard InChI is InChI=1S/C40H37N9O11S2/c1-23-18-32(35(59-14-8-16-61(53,54)55)20-30(23)44-43-28-11-5-4-10-26(28)40(51)52)46-45-31-21-36(60-15-9-17-62(56,57)58)33(19-24(31)2)47-48-37-25(3)27(22-41)38-42-29-12-6-7-13-34(29)49(38)39(37)50/h4-7,10-13,18-21,50H,8-9,14-17H2,1-3H3,(H,51,52)(H,53,54,55)(H,56,57,58). The molecule has 0 spiro atoms. The minimum absolute atomic E-state index is 0.0236. The number of carbonyl (C=O) groups is 1. The number of azo groups is 3. The zero-order valence-corrected chi connectivity index (χ0v) is 34.8. The molecule has 0 radical (unpaired) electrons. The largest absolute Gasteiger partial charge is 0.493 e. The lowest BCUT2D eigenvalue weighted by atomic mass is 10.1. The van der Waals surface area contributed by atoms with Crippen LogP contribution in [-0.2, 0) is 20.2 Å². The van der Waals surface area contributed by atoms with Crippen LogP contribution in [0.5, 0.6) is 17.4 Å². The van der Waals surface area contributed by atoms with Gasteiger partial charge in [0, 0.05) is 17.7 Å². The Kier molecular flexibility index (Phi) is 13.3. The second-order valence-electron chi connectivity index (χ2n) is 13.7. The van der Waals surface area contributed by atoms with Crippen molar-refractivity contribution in [1.82, 2.24) is 9.38 Å². The first kappa shape index (κ1) is 44.4. The summed E-state index contributed by atoms with van der Waals surface area (Å²) < 4.78 is 77.1. The number of aromatic carboxylic acids is 1. The van der Waals surface area contributed by atoms with Crippen LogP contribution < -0.4 is 9.47 Å². The van der Waals surface area contributed by atoms with Crippen molar-refractivity contribution in [2.75, 3.05) is 24.7 Å². The first-order chi connectivity index (χ1) is 29.4. The van der Waals surface area contributed by atoms with Crippen molar-refractivity contribution in [1.29, 1.82) is 5.26 Å². The Bertz CT molecular complexity index is 3090. The Morgan fingerprint density at radius 3 is 1.77 bits per heavy atom. The van der Waals surface area contributed by atoms with Gasteiger partial charge in [0.2, 0.25) is 5.88 Å². The molecule has 0 amide bonds. The molecule has 6 rings (SSSR count). The van der Waals surface area contributed by atoms with E-state index >= 15 is 0 Å². The van der Waals surface area contributed by atoms with E-state index in [1.807, 2.05) is 0 Å². The molecule has 320 valence electrons. The van der Waals surface area contributed by atoms with Gasteiger partial charge in [0.15, 0.2) is 11.3 Å². The SMILES string of the molecule is Cc1cc(N=Nc2c(C)c(C#N)c3nc4ccccc4n3c2O)c(OCCCS(=O)(=O)O)cc1N=Nc1cc(C)c(N=Nc2ccccc2C(=O)O)cc1OCCCS(=O)(=O)O. The molecule has 0 bridgehead atoms. The number of aromatic nitrogens is 2. The summed E-state index contributed by atoms with van der Waals surface area (Å²) in [5.74, 6) is -2.52. The van der Waals surface area contributed by atoms with E-state index in [0.717, 1.165) is 0 Å². The summed E-state index contributed by atoms with van der Waals surface area (Å²) in [6, 6.07) is 21.2. The first-order valence-electron chi connectivity index (χ1n) is 18.5. The van der Waals surface area contributed by atoms with Gasteiger partial charge in [-0.15, -0.1) is 20.5 Å². The summed E-state index contributed by atoms with van der Waals surface area (Å²) in [7, 11) is -8.56. The number of carboxylic acids is 1. The third-order valence-electron chi connectivity index (χ3n) is 9.14. The number of imidazole rings is 1. The second-order valence-corrected chi connectivity index (χ2v) is 16.8. The maximum absolute atomic E-state index is 11.7. The fraction of sp³-hybridized carbons (Fsp3) is 0.225. The topological polar surface area (TPSA) is 300 Å². The molecule has 2 heterocycles. The molecule has 62 heavy (non-hydrogen) atoms. The third-order valence-corrected chi connectivity index (χ3v) is 10.7. The van der Waals surface area contributed by atoms with E-state index in [2.05, 4.69) is 41.7 Å². The van der Waals surface area contributed by atoms with Crippen molar-refractivity contribution < 1.29 is 50.4 Å². The van der Waals surface area contributed by atoms with Gasteiger partial charge >= 0.3 is 5.97 Å². The first-order valence-corrected chi connectivity index (χ1v) is 21.7. The number of rotatable bonds is 17. The summed E-state index contributed by atoms with van der Waals surface area (Å²) in [6.07, 6.45) is -0.180. The summed E-state index contributed by atoms with van der Waals surface area (Å²) in [4.78, 5) is 16.2. The molecule has 0 saturated carbocycles. The Balaban J connectivity index is 1.38. The van der Waals surface area contributed by atoms with Crippen LogP contribution in [0.1, 0.15) is 45.5 Å². The highest BCUT2D eigenvalue weighted by molar-refractivity contribution is 7.86. The molecule has 20 nitrogen and oxygen atoms in total. The number of benzene rings is 4. The summed E-state index contributed by atoms with van der Waals surface area (Å²) in [6.45, 7) is 4.61. The van der Waals surface area contributed by atoms with Crippen molar-refractivity contribution in [3.63, 3.8) is 0 Å². The van der Waals surface area contributed by atoms with Gasteiger partial charge in [0.1, 0.15) is 40.2 Å². The number of aromatic hydroxyl groups is 1. The molecule has 2 aromatic heterocycles. The average molecular weight is 884 g/mol. The van der Waals surface area contributed by atoms with Gasteiger partial charge in [0.25, 0.3) is 20.2 Å². The summed E-state index contributed by atoms with van der Waals surface area (Å²) in [5, 5.41) is 56.9. The van der Waals surface area contributed by atoms with Crippen molar-refractivity contribution in [2.24, 2.45) is 30.7 Å². The van der Waals surface area contributed by atoms with Gasteiger partial charge in [-0.25, -0.2) is 9.78 Å². The van der Waals surface area contributed by atoms with E-state index in [-0.39, 0.29) is 94.3 Å². The summed E-state index contributed by atoms with van der Waals surface area (Å²) >= 11 is 0. The number of carboxylic acid groups (broad SMARTS) is 1. The van der Waals surface area contributed by atoms with Crippen LogP contribution in [0.15, 0.2) is 103 Å². The number of hydrogen-bond acceptors (Lipinski definition) is 16. The Morgan fingerprint density at radius 2 is 1.23 bits per heavy atom. The van der Waals surface area contributed by atoms with E-state index in [0.29, 0.717) is 27.7 Å². The van der Waals surface area contributed by atoms with Crippen LogP contribution in [0.25, 0.3) is 16.7 Å². The number of nitriles is 1. The maximum atomic E-state index is 11.7. The average Bonchev–Trinajstić information content (AvgIpc) is 3.60. The zero-order chi connectivity index (χ0) is 44.8. The van der Waals surface area contributed by atoms with E-state index in [4.69, 9.17) is 9.47 Å². The van der Waals surface area contributed by atoms with E-state index in [1.54, 1.807) is 69.3 Å². The lowest BCUT2D eigenvalue weighted by Crippen LogP contribution is -2.08. The van der Waals surface area contributed by atoms with Crippen LogP contribution in [0.4, 0.5) is 34.1 Å². The molecule has 0 atom stereocenters. The fourth-order valence-corrected chi connectivity index (χ4v) is 7.02. The molecule has 0 aliphatic rings. The lowest BCUT2D eigenvalue weighted by Gasteiger charge is -2.12. The van der Waals surface area contributed by atoms with Crippen LogP contribution in [0, 0.1) is 32.1 Å². The molecule has 0 saturated heterocycles. The van der Waals surface area contributed by atoms with Gasteiger partial charge < -0.3 is 19.7 Å². The highest BCUT2D eigenvalue weighted by Crippen LogP contribution is 2.42. The van der Waals surface area contributed by atoms with E-state index in [9.17, 15) is 46.2 Å². The lowest BCUT2D eigenvalue weighted by molar-refractivity contribution is 0.0697. The van der Waals surface area contributed by atoms with Crippen LogP contribution in [0.3, 0.4) is 0 Å². The molecule has 0 aliphatic carbocycles. The van der Waals surface area contributed by atoms with Crippen LogP contribution in [-0.4, -0.2) is 76.2 Å². The normalized spacial score (nSPS) is 12.3. The molecule has 4 N–H and O–H groups in total. The number of ether oxygens (including phenoxy) is 2. The number of para-hydroxylation sites is 2. The van der Waals surface area contributed by atoms with E-state index < -0.39 is 37.7 Å². The monoisotopic (exact) mass is 883 g/mol. The van der Waals surface area contributed by atoms with E-state index in [1.165, 1.54) is 28.7 Å². The maximum Gasteiger partial charge on any atom is 0.337 e. The zero-order valence-electron chi connectivity index (χ0n) is 33.2. The molecular formula is C40H37N9O11S2. The molecular weight excluding hydrogens is 847 g/mol. The number of pyridine rings is 1. The van der Waals surface area contributed by atoms with Crippen LogP contribution >= 0.6 is 0 Å². The second kappa shape index (κ2) is 18.6. The van der Waals surface area contributed by atoms with Crippen molar-refractivity contribution in [3.05, 3.63) is 101 Å². The van der Waals surface area contributed by atoms with Crippen LogP contribution in [0.2, 0.25) is 0 Å². The van der Waals surface area contributed by atoms with Crippen molar-refractivity contribution in [3.8, 4) is 23.4 Å². The highest BCUT2D eigenvalue weighted by Gasteiger charge is 2.21. The van der Waals surface area contributed by atoms with Gasteiger partial charge in [0.05, 0.1) is 52.7 Å². The fourth-order valence-electron chi connectivity index (χ4n) is 6.06. The number of nitrogens with zero attached hydrogens (tertiary/aromatic N) is 9. The number of fused-ring (bicyclic) bond motifs is 3. The Labute approximate surface area is 354 Å². The molecule has 0 fully saturated rings. The molecule has 0 unspecified atom stereocenters. The molecule has 0 aliphatic heterocycles. The third kappa shape index (κ3) is 10.6. The minimum atomic E-state index is -4.29. The van der Waals surface area contributed by atoms with Gasteiger partial charge in [-0.2, -0.15) is 32.3 Å². The van der Waals surface area contributed by atoms with Crippen molar-refractivity contribution in [2.45, 2.75) is 33.6 Å². The Hall–Kier alpha value is -7.19. The highest BCUT2D eigenvalue weighted by atomic mass is 32.2. The minimum Gasteiger partial charge on any atom is -0.493 e. The molecule has 22 heteroatoms. The molecule has 6 aromatic rings. The predicted molar refractivity (Wildman–Crippen MR) is 225 cm³/mol. The number of aryl methyl sites for hydroxylation is 2. The van der Waals surface area contributed by atoms with Gasteiger partial charge in [-0.05, 0) is 81.1 Å². The summed E-state index contributed by atoms with van der Waals surface area (Å²) in [5.41, 5.74) is 3.60. The van der Waals surface area contributed by atoms with Gasteiger partial charge in [-0.1, -0.05) is 24.3 Å². The van der Waals surface area contributed by atoms with Gasteiger partial charge in [-0.3, -0.25) is 13.5 Å². The smallest absolute Gasteiger partial charge is 0.337 e. The van der Waals surface area contributed by atoms with Crippen molar-refractivity contribution >= 4 is 77.0 Å². The quantitative estimate of drug-likeness (QED) is 0.0377. The number of hydrogen-bond donors (Lipinski definition) is 4.